The van der Waals surface area contributed by atoms with Gasteiger partial charge in [-0.3, -0.25) is 9.59 Å². The van der Waals surface area contributed by atoms with Gasteiger partial charge in [-0.2, -0.15) is 0 Å². The third kappa shape index (κ3) is 4.94. The first-order chi connectivity index (χ1) is 11.8. The molecule has 0 aliphatic heterocycles. The van der Waals surface area contributed by atoms with Crippen molar-refractivity contribution < 1.29 is 23.5 Å². The van der Waals surface area contributed by atoms with Gasteiger partial charge in [-0.1, -0.05) is 0 Å². The summed E-state index contributed by atoms with van der Waals surface area (Å²) >= 11 is 0. The van der Waals surface area contributed by atoms with E-state index in [1.807, 2.05) is 0 Å². The van der Waals surface area contributed by atoms with E-state index in [9.17, 15) is 14.4 Å². The fraction of sp³-hybridized carbons (Fsp3) is 0.278. The first-order valence-electron chi connectivity index (χ1n) is 7.73. The van der Waals surface area contributed by atoms with Crippen LogP contribution in [0.1, 0.15) is 35.7 Å². The van der Waals surface area contributed by atoms with Gasteiger partial charge < -0.3 is 19.8 Å². The third-order valence-corrected chi connectivity index (χ3v) is 3.39. The predicted octanol–water partition coefficient (Wildman–Crippen LogP) is 3.04. The second kappa shape index (κ2) is 7.65. The number of hydrogen-bond donors (Lipinski definition) is 2. The van der Waals surface area contributed by atoms with E-state index in [0.717, 1.165) is 0 Å². The van der Waals surface area contributed by atoms with Gasteiger partial charge in [-0.15, -0.1) is 0 Å². The minimum absolute atomic E-state index is 0.179. The second-order valence-corrected chi connectivity index (χ2v) is 5.62. The van der Waals surface area contributed by atoms with Crippen LogP contribution >= 0.6 is 0 Å². The molecular formula is C18H20N2O5. The summed E-state index contributed by atoms with van der Waals surface area (Å²) in [6.07, 6.45) is -0.975. The highest BCUT2D eigenvalue weighted by molar-refractivity contribution is 5.98. The van der Waals surface area contributed by atoms with Crippen LogP contribution in [-0.2, 0) is 14.3 Å². The fourth-order valence-corrected chi connectivity index (χ4v) is 2.20. The number of rotatable bonds is 5. The van der Waals surface area contributed by atoms with Crippen LogP contribution in [0.25, 0.3) is 0 Å². The molecule has 0 aliphatic rings. The summed E-state index contributed by atoms with van der Waals surface area (Å²) in [6.45, 7) is 6.28. The van der Waals surface area contributed by atoms with E-state index in [0.29, 0.717) is 28.5 Å². The topological polar surface area (TPSA) is 97.6 Å². The Balaban J connectivity index is 1.94. The highest BCUT2D eigenvalue weighted by Crippen LogP contribution is 2.17. The lowest BCUT2D eigenvalue weighted by molar-refractivity contribution is -0.123. The summed E-state index contributed by atoms with van der Waals surface area (Å²) in [4.78, 5) is 35.2. The van der Waals surface area contributed by atoms with Crippen LogP contribution in [0.5, 0.6) is 0 Å². The van der Waals surface area contributed by atoms with Gasteiger partial charge in [-0.25, -0.2) is 4.79 Å². The number of nitrogens with one attached hydrogen (secondary N) is 2. The van der Waals surface area contributed by atoms with Crippen molar-refractivity contribution in [3.63, 3.8) is 0 Å². The highest BCUT2D eigenvalue weighted by atomic mass is 16.5. The van der Waals surface area contributed by atoms with E-state index >= 15 is 0 Å². The molecule has 0 radical (unpaired) electrons. The van der Waals surface area contributed by atoms with Crippen molar-refractivity contribution in [2.45, 2.75) is 33.8 Å². The summed E-state index contributed by atoms with van der Waals surface area (Å²) < 4.78 is 10.5. The maximum absolute atomic E-state index is 12.2. The molecule has 1 heterocycles. The van der Waals surface area contributed by atoms with Crippen molar-refractivity contribution in [2.75, 3.05) is 10.6 Å². The maximum Gasteiger partial charge on any atom is 0.342 e. The van der Waals surface area contributed by atoms with Crippen molar-refractivity contribution in [1.29, 1.82) is 0 Å². The number of furan rings is 1. The summed E-state index contributed by atoms with van der Waals surface area (Å²) in [7, 11) is 0. The van der Waals surface area contributed by atoms with E-state index in [1.165, 1.54) is 13.8 Å². The monoisotopic (exact) mass is 344 g/mol. The van der Waals surface area contributed by atoms with Crippen LogP contribution in [0.15, 0.2) is 34.7 Å². The van der Waals surface area contributed by atoms with Crippen LogP contribution < -0.4 is 10.6 Å². The van der Waals surface area contributed by atoms with E-state index < -0.39 is 18.0 Å². The molecular weight excluding hydrogens is 324 g/mol. The normalized spacial score (nSPS) is 11.5. The highest BCUT2D eigenvalue weighted by Gasteiger charge is 2.22. The predicted molar refractivity (Wildman–Crippen MR) is 92.4 cm³/mol. The zero-order valence-electron chi connectivity index (χ0n) is 14.5. The van der Waals surface area contributed by atoms with Crippen LogP contribution in [-0.4, -0.2) is 23.9 Å². The minimum atomic E-state index is -0.975. The Labute approximate surface area is 145 Å². The molecule has 0 fully saturated rings. The number of hydrogen-bond acceptors (Lipinski definition) is 5. The van der Waals surface area contributed by atoms with Gasteiger partial charge >= 0.3 is 5.97 Å². The summed E-state index contributed by atoms with van der Waals surface area (Å²) in [5, 5.41) is 5.28. The van der Waals surface area contributed by atoms with Crippen LogP contribution in [0.3, 0.4) is 0 Å². The Hall–Kier alpha value is -3.09. The molecule has 2 aromatic rings. The second-order valence-electron chi connectivity index (χ2n) is 5.62. The van der Waals surface area contributed by atoms with E-state index in [4.69, 9.17) is 9.15 Å². The Bertz CT molecular complexity index is 792. The molecule has 0 aliphatic carbocycles. The Morgan fingerprint density at radius 3 is 2.08 bits per heavy atom. The molecule has 1 aromatic heterocycles. The van der Waals surface area contributed by atoms with Crippen LogP contribution in [0.4, 0.5) is 11.4 Å². The standard InChI is InChI=1S/C18H20N2O5/c1-10-9-16(11(2)24-10)18(23)25-12(3)17(22)20-15-7-5-14(6-8-15)19-13(4)21/h5-9,12H,1-4H3,(H,19,21)(H,20,22)/t12-/m1/s1. The molecule has 0 unspecified atom stereocenters. The molecule has 0 saturated heterocycles. The molecule has 25 heavy (non-hydrogen) atoms. The fourth-order valence-electron chi connectivity index (χ4n) is 2.20. The Morgan fingerprint density at radius 2 is 1.60 bits per heavy atom. The van der Waals surface area contributed by atoms with Crippen molar-refractivity contribution in [3.05, 3.63) is 47.4 Å². The lowest BCUT2D eigenvalue weighted by Crippen LogP contribution is -2.30. The quantitative estimate of drug-likeness (QED) is 0.813. The molecule has 132 valence electrons. The zero-order valence-corrected chi connectivity index (χ0v) is 14.5. The number of anilines is 2. The molecule has 0 saturated carbocycles. The van der Waals surface area contributed by atoms with Gasteiger partial charge in [0, 0.05) is 18.3 Å². The molecule has 1 atom stereocenters. The van der Waals surface area contributed by atoms with E-state index in [-0.39, 0.29) is 5.91 Å². The first-order valence-corrected chi connectivity index (χ1v) is 7.73. The van der Waals surface area contributed by atoms with Gasteiger partial charge in [0.1, 0.15) is 17.1 Å². The lowest BCUT2D eigenvalue weighted by Gasteiger charge is -2.13. The number of amides is 2. The summed E-state index contributed by atoms with van der Waals surface area (Å²) in [5.74, 6) is -0.205. The number of esters is 1. The average molecular weight is 344 g/mol. The third-order valence-electron chi connectivity index (χ3n) is 3.39. The molecule has 1 aromatic carbocycles. The van der Waals surface area contributed by atoms with Crippen molar-refractivity contribution >= 4 is 29.2 Å². The summed E-state index contributed by atoms with van der Waals surface area (Å²) in [6, 6.07) is 8.17. The minimum Gasteiger partial charge on any atom is -0.466 e. The Morgan fingerprint density at radius 1 is 1.04 bits per heavy atom. The number of carbonyl (C=O) groups is 3. The van der Waals surface area contributed by atoms with Gasteiger partial charge in [-0.05, 0) is 51.1 Å². The number of aryl methyl sites for hydroxylation is 2. The molecule has 7 heteroatoms. The number of benzene rings is 1. The summed E-state index contributed by atoms with van der Waals surface area (Å²) in [5.41, 5.74) is 1.45. The first kappa shape index (κ1) is 18.3. The van der Waals surface area contributed by atoms with Crippen molar-refractivity contribution in [2.24, 2.45) is 0 Å². The zero-order chi connectivity index (χ0) is 18.6. The van der Waals surface area contributed by atoms with Crippen molar-refractivity contribution in [3.8, 4) is 0 Å². The van der Waals surface area contributed by atoms with E-state index in [1.54, 1.807) is 44.2 Å². The lowest BCUT2D eigenvalue weighted by atomic mass is 10.2. The molecule has 2 amide bonds. The average Bonchev–Trinajstić information content (AvgIpc) is 2.87. The van der Waals surface area contributed by atoms with E-state index in [2.05, 4.69) is 10.6 Å². The van der Waals surface area contributed by atoms with Crippen LogP contribution in [0.2, 0.25) is 0 Å². The largest absolute Gasteiger partial charge is 0.466 e. The van der Waals surface area contributed by atoms with Gasteiger partial charge in [0.15, 0.2) is 6.10 Å². The maximum atomic E-state index is 12.2. The molecule has 2 rings (SSSR count). The van der Waals surface area contributed by atoms with Gasteiger partial charge in [0.2, 0.25) is 5.91 Å². The smallest absolute Gasteiger partial charge is 0.342 e. The number of carbonyl (C=O) groups excluding carboxylic acids is 3. The Kier molecular flexibility index (Phi) is 5.59. The molecule has 2 N–H and O–H groups in total. The number of ether oxygens (including phenoxy) is 1. The molecule has 0 spiro atoms. The van der Waals surface area contributed by atoms with Crippen molar-refractivity contribution in [1.82, 2.24) is 0 Å². The SMILES string of the molecule is CC(=O)Nc1ccc(NC(=O)[C@@H](C)OC(=O)c2cc(C)oc2C)cc1. The van der Waals surface area contributed by atoms with Crippen LogP contribution in [0, 0.1) is 13.8 Å². The molecule has 7 nitrogen and oxygen atoms in total. The molecule has 0 bridgehead atoms. The van der Waals surface area contributed by atoms with Gasteiger partial charge in [0.25, 0.3) is 5.91 Å². The van der Waals surface area contributed by atoms with Gasteiger partial charge in [0.05, 0.1) is 0 Å².